The Morgan fingerprint density at radius 3 is 2.73 bits per heavy atom. The van der Waals surface area contributed by atoms with Gasteiger partial charge < -0.3 is 0 Å². The summed E-state index contributed by atoms with van der Waals surface area (Å²) in [6.07, 6.45) is 0. The van der Waals surface area contributed by atoms with Crippen LogP contribution in [0.25, 0.3) is 10.8 Å². The molecule has 0 unspecified atom stereocenters. The molecule has 0 saturated carbocycles. The maximum Gasteiger partial charge on any atom is 0.0214 e. The molecule has 0 saturated heterocycles. The molecule has 0 spiro atoms. The van der Waals surface area contributed by atoms with Crippen LogP contribution in [0.2, 0.25) is 0 Å². The average molecular weight is 253 g/mol. The maximum atomic E-state index is 3.10. The largest absolute Gasteiger partial charge is 0.0616 e. The van der Waals surface area contributed by atoms with Crippen molar-refractivity contribution in [3.05, 3.63) is 46.0 Å². The highest BCUT2D eigenvalue weighted by atomic mass is 127. The Bertz CT molecular complexity index is 374. The van der Waals surface area contributed by atoms with Crippen LogP contribution < -0.4 is 0 Å². The minimum Gasteiger partial charge on any atom is -0.0616 e. The summed E-state index contributed by atoms with van der Waals surface area (Å²) in [5, 5.41) is 2.58. The molecule has 2 aromatic carbocycles. The van der Waals surface area contributed by atoms with Crippen LogP contribution in [0.1, 0.15) is 0 Å². The highest BCUT2D eigenvalue weighted by molar-refractivity contribution is 14.1. The highest BCUT2D eigenvalue weighted by Gasteiger charge is 1.93. The maximum absolute atomic E-state index is 3.10. The van der Waals surface area contributed by atoms with Crippen molar-refractivity contribution in [3.8, 4) is 0 Å². The van der Waals surface area contributed by atoms with Crippen LogP contribution in [0.4, 0.5) is 0 Å². The second-order valence-corrected chi connectivity index (χ2v) is 3.55. The lowest BCUT2D eigenvalue weighted by atomic mass is 10.1. The monoisotopic (exact) mass is 253 g/mol. The van der Waals surface area contributed by atoms with E-state index in [4.69, 9.17) is 0 Å². The molecule has 0 fully saturated rings. The van der Waals surface area contributed by atoms with E-state index in [2.05, 4.69) is 46.9 Å². The predicted molar refractivity (Wildman–Crippen MR) is 55.5 cm³/mol. The molecule has 11 heavy (non-hydrogen) atoms. The fourth-order valence-corrected chi connectivity index (χ4v) is 1.79. The number of rotatable bonds is 0. The third-order valence-electron chi connectivity index (χ3n) is 1.67. The van der Waals surface area contributed by atoms with E-state index in [9.17, 15) is 0 Å². The molecule has 0 aliphatic rings. The molecular weight excluding hydrogens is 247 g/mol. The molecule has 2 aromatic rings. The molecule has 0 bridgehead atoms. The minimum absolute atomic E-state index is 1.26. The first kappa shape index (κ1) is 7.10. The van der Waals surface area contributed by atoms with Crippen LogP contribution in [0.5, 0.6) is 0 Å². The summed E-state index contributed by atoms with van der Waals surface area (Å²) in [6, 6.07) is 15.5. The molecule has 53 valence electrons. The Hall–Kier alpha value is -0.570. The molecule has 0 heterocycles. The smallest absolute Gasteiger partial charge is 0.0214 e. The summed E-state index contributed by atoms with van der Waals surface area (Å²) < 4.78 is 1.26. The number of hydrogen-bond donors (Lipinski definition) is 0. The van der Waals surface area contributed by atoms with E-state index in [0.29, 0.717) is 0 Å². The third-order valence-corrected chi connectivity index (χ3v) is 2.56. The van der Waals surface area contributed by atoms with E-state index in [0.717, 1.165) is 0 Å². The molecule has 0 atom stereocenters. The van der Waals surface area contributed by atoms with Crippen LogP contribution in [0, 0.1) is 9.64 Å². The first-order valence-electron chi connectivity index (χ1n) is 3.42. The van der Waals surface area contributed by atoms with Crippen molar-refractivity contribution in [2.45, 2.75) is 0 Å². The molecule has 0 aliphatic carbocycles. The molecule has 0 aromatic heterocycles. The van der Waals surface area contributed by atoms with Crippen molar-refractivity contribution in [2.24, 2.45) is 0 Å². The second-order valence-electron chi connectivity index (χ2n) is 2.39. The van der Waals surface area contributed by atoms with E-state index in [1.807, 2.05) is 18.2 Å². The lowest BCUT2D eigenvalue weighted by molar-refractivity contribution is 1.69. The number of benzene rings is 2. The van der Waals surface area contributed by atoms with Gasteiger partial charge in [0, 0.05) is 3.57 Å². The average Bonchev–Trinajstić information content (AvgIpc) is 2.06. The Morgan fingerprint density at radius 2 is 1.91 bits per heavy atom. The van der Waals surface area contributed by atoms with Crippen molar-refractivity contribution >= 4 is 33.4 Å². The molecule has 0 N–H and O–H groups in total. The molecule has 2 rings (SSSR count). The zero-order valence-corrected chi connectivity index (χ0v) is 8.00. The Kier molecular flexibility index (Phi) is 1.82. The third kappa shape index (κ3) is 1.25. The van der Waals surface area contributed by atoms with Crippen molar-refractivity contribution < 1.29 is 0 Å². The van der Waals surface area contributed by atoms with Gasteiger partial charge in [0.15, 0.2) is 0 Å². The van der Waals surface area contributed by atoms with Crippen molar-refractivity contribution in [1.29, 1.82) is 0 Å². The van der Waals surface area contributed by atoms with Gasteiger partial charge in [0.05, 0.1) is 0 Å². The molecule has 0 amide bonds. The SMILES string of the molecule is Ic1c[c]cc2ccccc12. The predicted octanol–water partition coefficient (Wildman–Crippen LogP) is 3.24. The van der Waals surface area contributed by atoms with Gasteiger partial charge in [-0.25, -0.2) is 0 Å². The van der Waals surface area contributed by atoms with Gasteiger partial charge in [0.2, 0.25) is 0 Å². The van der Waals surface area contributed by atoms with Crippen molar-refractivity contribution in [3.63, 3.8) is 0 Å². The molecule has 1 radical (unpaired) electrons. The number of fused-ring (bicyclic) bond motifs is 1. The zero-order chi connectivity index (χ0) is 7.68. The Morgan fingerprint density at radius 1 is 1.09 bits per heavy atom. The highest BCUT2D eigenvalue weighted by Crippen LogP contribution is 2.18. The van der Waals surface area contributed by atoms with Gasteiger partial charge in [-0.3, -0.25) is 0 Å². The van der Waals surface area contributed by atoms with Crippen LogP contribution >= 0.6 is 22.6 Å². The summed E-state index contributed by atoms with van der Waals surface area (Å²) in [4.78, 5) is 0. The van der Waals surface area contributed by atoms with Crippen molar-refractivity contribution in [1.82, 2.24) is 0 Å². The zero-order valence-electron chi connectivity index (χ0n) is 5.84. The Labute approximate surface area is 79.4 Å². The second kappa shape index (κ2) is 2.81. The lowest BCUT2D eigenvalue weighted by Crippen LogP contribution is -1.75. The van der Waals surface area contributed by atoms with Crippen LogP contribution in [-0.2, 0) is 0 Å². The van der Waals surface area contributed by atoms with Crippen LogP contribution in [0.15, 0.2) is 36.4 Å². The normalized spacial score (nSPS) is 10.3. The van der Waals surface area contributed by atoms with E-state index in [1.54, 1.807) is 0 Å². The van der Waals surface area contributed by atoms with Gasteiger partial charge in [-0.1, -0.05) is 24.3 Å². The summed E-state index contributed by atoms with van der Waals surface area (Å²) >= 11 is 2.33. The topological polar surface area (TPSA) is 0 Å². The van der Waals surface area contributed by atoms with E-state index < -0.39 is 0 Å². The first-order valence-corrected chi connectivity index (χ1v) is 4.50. The summed E-state index contributed by atoms with van der Waals surface area (Å²) in [5.74, 6) is 0. The Balaban J connectivity index is 2.91. The van der Waals surface area contributed by atoms with Crippen LogP contribution in [-0.4, -0.2) is 0 Å². The summed E-state index contributed by atoms with van der Waals surface area (Å²) in [6.45, 7) is 0. The quantitative estimate of drug-likeness (QED) is 0.632. The number of halogens is 1. The van der Waals surface area contributed by atoms with E-state index >= 15 is 0 Å². The van der Waals surface area contributed by atoms with E-state index in [-0.39, 0.29) is 0 Å². The summed E-state index contributed by atoms with van der Waals surface area (Å²) in [5.41, 5.74) is 0. The molecular formula is C10H6I. The van der Waals surface area contributed by atoms with E-state index in [1.165, 1.54) is 14.3 Å². The van der Waals surface area contributed by atoms with Gasteiger partial charge in [0.1, 0.15) is 0 Å². The van der Waals surface area contributed by atoms with Gasteiger partial charge >= 0.3 is 0 Å². The fourth-order valence-electron chi connectivity index (χ4n) is 1.12. The molecule has 0 nitrogen and oxygen atoms in total. The van der Waals surface area contributed by atoms with Gasteiger partial charge in [-0.05, 0) is 51.6 Å². The molecule has 1 heteroatoms. The summed E-state index contributed by atoms with van der Waals surface area (Å²) in [7, 11) is 0. The lowest BCUT2D eigenvalue weighted by Gasteiger charge is -1.97. The minimum atomic E-state index is 1.26. The fraction of sp³-hybridized carbons (Fsp3) is 0. The standard InChI is InChI=1S/C10H6I/c11-10-7-3-5-8-4-1-2-6-9(8)10/h1-2,4-7H. The van der Waals surface area contributed by atoms with Gasteiger partial charge in [-0.2, -0.15) is 0 Å². The van der Waals surface area contributed by atoms with Gasteiger partial charge in [0.25, 0.3) is 0 Å². The number of hydrogen-bond acceptors (Lipinski definition) is 0. The van der Waals surface area contributed by atoms with Crippen molar-refractivity contribution in [2.75, 3.05) is 0 Å². The molecule has 0 aliphatic heterocycles. The van der Waals surface area contributed by atoms with Crippen LogP contribution in [0.3, 0.4) is 0 Å². The first-order chi connectivity index (χ1) is 5.38. The van der Waals surface area contributed by atoms with Gasteiger partial charge in [-0.15, -0.1) is 0 Å².